The van der Waals surface area contributed by atoms with Crippen LogP contribution in [0.1, 0.15) is 69.7 Å². The van der Waals surface area contributed by atoms with Crippen molar-refractivity contribution in [1.29, 1.82) is 0 Å². The van der Waals surface area contributed by atoms with Crippen molar-refractivity contribution in [3.63, 3.8) is 0 Å². The van der Waals surface area contributed by atoms with Gasteiger partial charge in [-0.25, -0.2) is 9.59 Å². The molecule has 1 heterocycles. The number of carboxylic acids is 1. The Labute approximate surface area is 166 Å². The van der Waals surface area contributed by atoms with Gasteiger partial charge in [0.15, 0.2) is 0 Å². The lowest BCUT2D eigenvalue weighted by Crippen LogP contribution is -2.32. The van der Waals surface area contributed by atoms with Crippen LogP contribution in [0.15, 0.2) is 24.4 Å². The fourth-order valence-electron chi connectivity index (χ4n) is 3.00. The number of alkyl carbamates (subject to hydrolysis) is 1. The summed E-state index contributed by atoms with van der Waals surface area (Å²) >= 11 is 0. The van der Waals surface area contributed by atoms with Crippen molar-refractivity contribution in [3.05, 3.63) is 30.0 Å². The third-order valence-corrected chi connectivity index (χ3v) is 4.35. The minimum atomic E-state index is -0.920. The van der Waals surface area contributed by atoms with E-state index in [0.717, 1.165) is 56.0 Å². The number of nitrogens with zero attached hydrogens (tertiary/aromatic N) is 2. The summed E-state index contributed by atoms with van der Waals surface area (Å²) in [5, 5.41) is 17.1. The maximum atomic E-state index is 11.5. The number of carbonyl (C=O) groups is 2. The number of amides is 1. The van der Waals surface area contributed by atoms with Crippen molar-refractivity contribution in [2.24, 2.45) is 0 Å². The molecule has 1 amide bonds. The molecule has 2 N–H and O–H groups in total. The minimum absolute atomic E-state index is 0.285. The standard InChI is InChI=1S/C21H31N3O4/c1-21(2,3)28-20(27)22-12-8-6-4-5-7-9-13-24-18-11-10-16(19(25)26)14-17(18)15-23-24/h10-11,14-15H,4-9,12-13H2,1-3H3,(H,22,27)(H,25,26). The summed E-state index contributed by atoms with van der Waals surface area (Å²) in [6.07, 6.45) is 7.84. The van der Waals surface area contributed by atoms with Gasteiger partial charge in [-0.3, -0.25) is 4.68 Å². The van der Waals surface area contributed by atoms with Crippen molar-refractivity contribution in [2.45, 2.75) is 71.4 Å². The molecule has 0 bridgehead atoms. The number of unbranched alkanes of at least 4 members (excludes halogenated alkanes) is 5. The number of nitrogens with one attached hydrogen (secondary N) is 1. The molecule has 28 heavy (non-hydrogen) atoms. The molecule has 0 saturated carbocycles. The highest BCUT2D eigenvalue weighted by Gasteiger charge is 2.15. The summed E-state index contributed by atoms with van der Waals surface area (Å²) in [6, 6.07) is 5.10. The Hall–Kier alpha value is -2.57. The SMILES string of the molecule is CC(C)(C)OC(=O)NCCCCCCCCn1ncc2cc(C(=O)O)ccc21. The van der Waals surface area contributed by atoms with Crippen molar-refractivity contribution in [3.8, 4) is 0 Å². The Bertz CT molecular complexity index is 793. The first kappa shape index (κ1) is 21.7. The predicted molar refractivity (Wildman–Crippen MR) is 109 cm³/mol. The van der Waals surface area contributed by atoms with Gasteiger partial charge >= 0.3 is 12.1 Å². The highest BCUT2D eigenvalue weighted by atomic mass is 16.6. The van der Waals surface area contributed by atoms with E-state index in [-0.39, 0.29) is 11.7 Å². The quantitative estimate of drug-likeness (QED) is 0.579. The Kier molecular flexibility index (Phi) is 7.84. The van der Waals surface area contributed by atoms with Gasteiger partial charge in [-0.1, -0.05) is 25.7 Å². The fourth-order valence-corrected chi connectivity index (χ4v) is 3.00. The molecule has 2 rings (SSSR count). The van der Waals surface area contributed by atoms with E-state index in [1.54, 1.807) is 18.3 Å². The normalized spacial score (nSPS) is 11.5. The zero-order chi connectivity index (χ0) is 20.6. The van der Waals surface area contributed by atoms with Gasteiger partial charge in [0, 0.05) is 18.5 Å². The van der Waals surface area contributed by atoms with Crippen LogP contribution < -0.4 is 5.32 Å². The van der Waals surface area contributed by atoms with E-state index in [9.17, 15) is 9.59 Å². The third kappa shape index (κ3) is 7.21. The molecule has 0 saturated heterocycles. The number of benzene rings is 1. The number of hydrogen-bond acceptors (Lipinski definition) is 4. The number of aromatic nitrogens is 2. The third-order valence-electron chi connectivity index (χ3n) is 4.35. The monoisotopic (exact) mass is 389 g/mol. The molecule has 1 aromatic heterocycles. The van der Waals surface area contributed by atoms with Crippen LogP contribution in [-0.4, -0.2) is 39.1 Å². The number of hydrogen-bond donors (Lipinski definition) is 2. The van der Waals surface area contributed by atoms with Gasteiger partial charge in [0.05, 0.1) is 17.3 Å². The second kappa shape index (κ2) is 10.1. The molecule has 154 valence electrons. The number of aryl methyl sites for hydroxylation is 1. The lowest BCUT2D eigenvalue weighted by atomic mass is 10.1. The molecule has 1 aromatic carbocycles. The summed E-state index contributed by atoms with van der Waals surface area (Å²) in [6.45, 7) is 7.03. The Morgan fingerprint density at radius 2 is 1.79 bits per heavy atom. The Morgan fingerprint density at radius 3 is 2.46 bits per heavy atom. The van der Waals surface area contributed by atoms with Gasteiger partial charge in [0.1, 0.15) is 5.60 Å². The summed E-state index contributed by atoms with van der Waals surface area (Å²) < 4.78 is 7.13. The number of carboxylic acid groups (broad SMARTS) is 1. The van der Waals surface area contributed by atoms with Gasteiger partial charge in [0.2, 0.25) is 0 Å². The van der Waals surface area contributed by atoms with Gasteiger partial charge in [-0.05, 0) is 51.8 Å². The number of rotatable bonds is 10. The van der Waals surface area contributed by atoms with E-state index in [0.29, 0.717) is 6.54 Å². The van der Waals surface area contributed by atoms with E-state index < -0.39 is 11.6 Å². The van der Waals surface area contributed by atoms with Gasteiger partial charge in [0.25, 0.3) is 0 Å². The van der Waals surface area contributed by atoms with Crippen LogP contribution in [0, 0.1) is 0 Å². The van der Waals surface area contributed by atoms with Crippen LogP contribution in [-0.2, 0) is 11.3 Å². The first-order valence-electron chi connectivity index (χ1n) is 9.92. The average Bonchev–Trinajstić information content (AvgIpc) is 3.01. The summed E-state index contributed by atoms with van der Waals surface area (Å²) in [7, 11) is 0. The molecular weight excluding hydrogens is 358 g/mol. The topological polar surface area (TPSA) is 93.5 Å². The summed E-state index contributed by atoms with van der Waals surface area (Å²) in [5.41, 5.74) is 0.800. The average molecular weight is 389 g/mol. The maximum absolute atomic E-state index is 11.5. The Morgan fingerprint density at radius 1 is 1.11 bits per heavy atom. The molecule has 7 heteroatoms. The predicted octanol–water partition coefficient (Wildman–Crippen LogP) is 4.60. The van der Waals surface area contributed by atoms with Crippen molar-refractivity contribution >= 4 is 23.0 Å². The number of aromatic carboxylic acids is 1. The summed E-state index contributed by atoms with van der Waals surface area (Å²) in [5.74, 6) is -0.920. The van der Waals surface area contributed by atoms with Crippen LogP contribution in [0.5, 0.6) is 0 Å². The molecule has 7 nitrogen and oxygen atoms in total. The highest BCUT2D eigenvalue weighted by Crippen LogP contribution is 2.17. The molecule has 0 aliphatic carbocycles. The van der Waals surface area contributed by atoms with Crippen LogP contribution in [0.25, 0.3) is 10.9 Å². The smallest absolute Gasteiger partial charge is 0.407 e. The molecule has 0 radical (unpaired) electrons. The van der Waals surface area contributed by atoms with E-state index in [4.69, 9.17) is 9.84 Å². The molecule has 0 spiro atoms. The number of fused-ring (bicyclic) bond motifs is 1. The zero-order valence-electron chi connectivity index (χ0n) is 17.0. The van der Waals surface area contributed by atoms with Crippen LogP contribution >= 0.6 is 0 Å². The van der Waals surface area contributed by atoms with Crippen molar-refractivity contribution < 1.29 is 19.4 Å². The lowest BCUT2D eigenvalue weighted by Gasteiger charge is -2.19. The van der Waals surface area contributed by atoms with Crippen LogP contribution in [0.4, 0.5) is 4.79 Å². The molecule has 2 aromatic rings. The molecule has 0 unspecified atom stereocenters. The number of carbonyl (C=O) groups excluding carboxylic acids is 1. The lowest BCUT2D eigenvalue weighted by molar-refractivity contribution is 0.0526. The van der Waals surface area contributed by atoms with Crippen LogP contribution in [0.2, 0.25) is 0 Å². The largest absolute Gasteiger partial charge is 0.478 e. The second-order valence-electron chi connectivity index (χ2n) is 8.00. The highest BCUT2D eigenvalue weighted by molar-refractivity contribution is 5.93. The van der Waals surface area contributed by atoms with E-state index in [1.807, 2.05) is 31.5 Å². The molecule has 0 atom stereocenters. The molecule has 0 fully saturated rings. The van der Waals surface area contributed by atoms with Gasteiger partial charge in [-0.15, -0.1) is 0 Å². The Balaban J connectivity index is 1.57. The van der Waals surface area contributed by atoms with Gasteiger partial charge < -0.3 is 15.2 Å². The maximum Gasteiger partial charge on any atom is 0.407 e. The van der Waals surface area contributed by atoms with E-state index in [1.165, 1.54) is 0 Å². The fraction of sp³-hybridized carbons (Fsp3) is 0.571. The van der Waals surface area contributed by atoms with Crippen molar-refractivity contribution in [1.82, 2.24) is 15.1 Å². The minimum Gasteiger partial charge on any atom is -0.478 e. The first-order valence-corrected chi connectivity index (χ1v) is 9.92. The summed E-state index contributed by atoms with van der Waals surface area (Å²) in [4.78, 5) is 22.5. The molecular formula is C21H31N3O4. The molecule has 0 aliphatic heterocycles. The van der Waals surface area contributed by atoms with Crippen molar-refractivity contribution in [2.75, 3.05) is 6.54 Å². The van der Waals surface area contributed by atoms with Crippen LogP contribution in [0.3, 0.4) is 0 Å². The van der Waals surface area contributed by atoms with Gasteiger partial charge in [-0.2, -0.15) is 5.10 Å². The second-order valence-corrected chi connectivity index (χ2v) is 8.00. The molecule has 0 aliphatic rings. The zero-order valence-corrected chi connectivity index (χ0v) is 17.0. The van der Waals surface area contributed by atoms with E-state index >= 15 is 0 Å². The first-order chi connectivity index (χ1) is 13.3. The number of ether oxygens (including phenoxy) is 1. The van der Waals surface area contributed by atoms with E-state index in [2.05, 4.69) is 10.4 Å².